The van der Waals surface area contributed by atoms with Gasteiger partial charge in [0.15, 0.2) is 0 Å². The molecular weight excluding hydrogens is 239 g/mol. The van der Waals surface area contributed by atoms with Crippen LogP contribution in [0.4, 0.5) is 0 Å². The van der Waals surface area contributed by atoms with Gasteiger partial charge in [-0.1, -0.05) is 40.0 Å². The zero-order valence-corrected chi connectivity index (χ0v) is 12.1. The largest absolute Gasteiger partial charge is 0.0652 e. The molecule has 0 saturated heterocycles. The van der Waals surface area contributed by atoms with Crippen molar-refractivity contribution in [1.29, 1.82) is 0 Å². The van der Waals surface area contributed by atoms with Crippen molar-refractivity contribution in [2.75, 3.05) is 18.5 Å². The number of hydrogen-bond acceptors (Lipinski definition) is 0. The van der Waals surface area contributed by atoms with Crippen LogP contribution in [0.3, 0.4) is 0 Å². The molecule has 0 aliphatic carbocycles. The number of unbranched alkanes of at least 4 members (excludes halogenated alkanes) is 3. The average molecular weight is 267 g/mol. The van der Waals surface area contributed by atoms with Gasteiger partial charge in [-0.15, -0.1) is 0 Å². The Morgan fingerprint density at radius 2 is 0.929 bits per heavy atom. The molecule has 0 aromatic rings. The predicted molar refractivity (Wildman–Crippen MR) is 67.6 cm³/mol. The Kier molecular flexibility index (Phi) is 17.3. The Hall–Kier alpha value is 0.949. The molecule has 0 nitrogen and oxygen atoms in total. The topological polar surface area (TPSA) is 0 Å². The summed E-state index contributed by atoms with van der Waals surface area (Å²) in [6.45, 7) is 6.96. The van der Waals surface area contributed by atoms with Crippen LogP contribution < -0.4 is 0 Å². The van der Waals surface area contributed by atoms with Gasteiger partial charge in [-0.3, -0.25) is 0 Å². The summed E-state index contributed by atoms with van der Waals surface area (Å²) in [6.07, 6.45) is 13.4. The van der Waals surface area contributed by atoms with E-state index < -0.39 is 0 Å². The second-order valence-corrected chi connectivity index (χ2v) is 7.06. The summed E-state index contributed by atoms with van der Waals surface area (Å²) in [5.74, 6) is 0. The first-order valence-electron chi connectivity index (χ1n) is 6.18. The first-order valence-corrected chi connectivity index (χ1v) is 8.30. The van der Waals surface area contributed by atoms with E-state index in [2.05, 4.69) is 20.8 Å². The normalized spacial score (nSPS) is 10.3. The van der Waals surface area contributed by atoms with Crippen LogP contribution in [-0.4, -0.2) is 18.5 Å². The molecule has 1 radical (unpaired) electrons. The van der Waals surface area contributed by atoms with E-state index in [1.54, 1.807) is 18.5 Å². The number of hydrogen-bond donors (Lipinski definition) is 0. The Morgan fingerprint density at radius 1 is 0.643 bits per heavy atom. The SMILES string of the molecule is CCCC[PH+](CCCC)CCCC.[Cu]. The molecule has 0 spiro atoms. The summed E-state index contributed by atoms with van der Waals surface area (Å²) in [5, 5.41) is 0. The minimum atomic E-state index is 0. The summed E-state index contributed by atoms with van der Waals surface area (Å²) in [6, 6.07) is 0. The van der Waals surface area contributed by atoms with Crippen molar-refractivity contribution >= 4 is 7.92 Å². The molecule has 0 amide bonds. The van der Waals surface area contributed by atoms with Crippen molar-refractivity contribution in [2.45, 2.75) is 59.3 Å². The minimum absolute atomic E-state index is 0. The van der Waals surface area contributed by atoms with Gasteiger partial charge in [0.25, 0.3) is 0 Å². The standard InChI is InChI=1S/C12H27P.Cu/c1-4-7-10-13(11-8-5-2)12-9-6-3;/h4-12H2,1-3H3;/p+1. The van der Waals surface area contributed by atoms with Crippen molar-refractivity contribution in [3.63, 3.8) is 0 Å². The molecule has 0 bridgehead atoms. The van der Waals surface area contributed by atoms with Crippen molar-refractivity contribution in [2.24, 2.45) is 0 Å². The maximum absolute atomic E-state index is 2.32. The fourth-order valence-electron chi connectivity index (χ4n) is 1.66. The van der Waals surface area contributed by atoms with Crippen LogP contribution in [-0.2, 0) is 17.1 Å². The molecule has 0 aliphatic rings. The van der Waals surface area contributed by atoms with Crippen molar-refractivity contribution in [1.82, 2.24) is 0 Å². The van der Waals surface area contributed by atoms with E-state index in [9.17, 15) is 0 Å². The Labute approximate surface area is 103 Å². The van der Waals surface area contributed by atoms with Gasteiger partial charge < -0.3 is 0 Å². The van der Waals surface area contributed by atoms with Crippen LogP contribution in [0.2, 0.25) is 0 Å². The van der Waals surface area contributed by atoms with Gasteiger partial charge in [-0.05, 0) is 19.3 Å². The van der Waals surface area contributed by atoms with E-state index in [0.29, 0.717) is 0 Å². The molecule has 0 rings (SSSR count). The van der Waals surface area contributed by atoms with E-state index in [1.165, 1.54) is 38.5 Å². The second-order valence-electron chi connectivity index (χ2n) is 4.06. The third-order valence-electron chi connectivity index (χ3n) is 2.65. The van der Waals surface area contributed by atoms with Crippen LogP contribution in [0.1, 0.15) is 59.3 Å². The molecule has 0 saturated carbocycles. The monoisotopic (exact) mass is 266 g/mol. The smallest absolute Gasteiger partial charge is 0.0571 e. The van der Waals surface area contributed by atoms with Crippen LogP contribution in [0.25, 0.3) is 0 Å². The molecular formula is C12H28CuP+. The summed E-state index contributed by atoms with van der Waals surface area (Å²) < 4.78 is 0. The fraction of sp³-hybridized carbons (Fsp3) is 1.00. The molecule has 2 heteroatoms. The van der Waals surface area contributed by atoms with E-state index in [-0.39, 0.29) is 25.0 Å². The van der Waals surface area contributed by atoms with Gasteiger partial charge in [-0.25, -0.2) is 0 Å². The van der Waals surface area contributed by atoms with Gasteiger partial charge >= 0.3 is 0 Å². The zero-order chi connectivity index (χ0) is 9.94. The van der Waals surface area contributed by atoms with E-state index in [1.807, 2.05) is 0 Å². The van der Waals surface area contributed by atoms with Gasteiger partial charge in [0.05, 0.1) is 18.5 Å². The zero-order valence-electron chi connectivity index (χ0n) is 10.2. The van der Waals surface area contributed by atoms with Gasteiger partial charge in [0.2, 0.25) is 0 Å². The molecule has 0 fully saturated rings. The molecule has 0 heterocycles. The maximum atomic E-state index is 2.32. The summed E-state index contributed by atoms with van der Waals surface area (Å²) in [5.41, 5.74) is 0. The summed E-state index contributed by atoms with van der Waals surface area (Å²) >= 11 is 0. The van der Waals surface area contributed by atoms with Crippen LogP contribution >= 0.6 is 7.92 Å². The van der Waals surface area contributed by atoms with E-state index >= 15 is 0 Å². The predicted octanol–water partition coefficient (Wildman–Crippen LogP) is 4.60. The van der Waals surface area contributed by atoms with E-state index in [0.717, 1.165) is 0 Å². The Balaban J connectivity index is 0. The molecule has 91 valence electrons. The van der Waals surface area contributed by atoms with Crippen LogP contribution in [0, 0.1) is 0 Å². The third-order valence-corrected chi connectivity index (χ3v) is 5.83. The van der Waals surface area contributed by atoms with Crippen molar-refractivity contribution in [3.05, 3.63) is 0 Å². The molecule has 14 heavy (non-hydrogen) atoms. The van der Waals surface area contributed by atoms with Crippen LogP contribution in [0.15, 0.2) is 0 Å². The second kappa shape index (κ2) is 13.9. The molecule has 0 aromatic heterocycles. The van der Waals surface area contributed by atoms with Gasteiger partial charge in [0, 0.05) is 25.0 Å². The van der Waals surface area contributed by atoms with Gasteiger partial charge in [-0.2, -0.15) is 0 Å². The molecule has 0 aliphatic heterocycles. The van der Waals surface area contributed by atoms with E-state index in [4.69, 9.17) is 0 Å². The molecule has 0 aromatic carbocycles. The first-order chi connectivity index (χ1) is 6.35. The quantitative estimate of drug-likeness (QED) is 0.423. The van der Waals surface area contributed by atoms with Gasteiger partial charge in [0.1, 0.15) is 0 Å². The number of rotatable bonds is 9. The maximum Gasteiger partial charge on any atom is 0.0571 e. The Morgan fingerprint density at radius 3 is 1.14 bits per heavy atom. The molecule has 0 unspecified atom stereocenters. The summed E-state index contributed by atoms with van der Waals surface area (Å²) in [4.78, 5) is 0. The minimum Gasteiger partial charge on any atom is -0.0652 e. The third kappa shape index (κ3) is 11.0. The Bertz CT molecular complexity index is 77.3. The summed E-state index contributed by atoms with van der Waals surface area (Å²) in [7, 11) is 0.0675. The molecule has 0 N–H and O–H groups in total. The van der Waals surface area contributed by atoms with Crippen molar-refractivity contribution in [3.8, 4) is 0 Å². The average Bonchev–Trinajstić information content (AvgIpc) is 2.17. The first kappa shape index (κ1) is 17.3. The van der Waals surface area contributed by atoms with Crippen LogP contribution in [0.5, 0.6) is 0 Å². The molecule has 0 atom stereocenters. The fourth-order valence-corrected chi connectivity index (χ4v) is 4.97. The van der Waals surface area contributed by atoms with Crippen molar-refractivity contribution < 1.29 is 17.1 Å².